The van der Waals surface area contributed by atoms with Gasteiger partial charge in [-0.15, -0.1) is 0 Å². The number of benzene rings is 1. The van der Waals surface area contributed by atoms with Crippen molar-refractivity contribution in [2.45, 2.75) is 51.1 Å². The fraction of sp³-hybridized carbons (Fsp3) is 0.545. The van der Waals surface area contributed by atoms with Crippen LogP contribution in [0.3, 0.4) is 0 Å². The summed E-state index contributed by atoms with van der Waals surface area (Å²) in [6.45, 7) is 4.30. The number of hydrogen-bond donors (Lipinski definition) is 0. The number of imidazole rings is 1. The predicted molar refractivity (Wildman–Crippen MR) is 104 cm³/mol. The molecule has 2 aliphatic heterocycles. The SMILES string of the molecule is O=C1CC[C@@]2(CCCN(Cc3ccc(-n4ccnc4)cc3)C2)CN1C1CC1. The van der Waals surface area contributed by atoms with Crippen LogP contribution in [0.25, 0.3) is 5.69 Å². The molecule has 27 heavy (non-hydrogen) atoms. The molecule has 1 aliphatic carbocycles. The van der Waals surface area contributed by atoms with Gasteiger partial charge in [0.1, 0.15) is 0 Å². The van der Waals surface area contributed by atoms with Crippen molar-refractivity contribution < 1.29 is 4.79 Å². The van der Waals surface area contributed by atoms with Crippen LogP contribution < -0.4 is 0 Å². The van der Waals surface area contributed by atoms with Gasteiger partial charge in [-0.1, -0.05) is 12.1 Å². The summed E-state index contributed by atoms with van der Waals surface area (Å²) in [7, 11) is 0. The van der Waals surface area contributed by atoms with Crippen molar-refractivity contribution in [1.29, 1.82) is 0 Å². The molecule has 1 saturated carbocycles. The Morgan fingerprint density at radius 3 is 2.70 bits per heavy atom. The van der Waals surface area contributed by atoms with Gasteiger partial charge in [0.25, 0.3) is 0 Å². The van der Waals surface area contributed by atoms with E-state index in [-0.39, 0.29) is 0 Å². The second kappa shape index (κ2) is 6.79. The van der Waals surface area contributed by atoms with Crippen LogP contribution >= 0.6 is 0 Å². The Morgan fingerprint density at radius 1 is 1.11 bits per heavy atom. The van der Waals surface area contributed by atoms with E-state index in [1.54, 1.807) is 6.20 Å². The Hall–Kier alpha value is -2.14. The van der Waals surface area contributed by atoms with E-state index in [9.17, 15) is 4.79 Å². The average molecular weight is 364 g/mol. The van der Waals surface area contributed by atoms with Crippen molar-refractivity contribution >= 4 is 5.91 Å². The van der Waals surface area contributed by atoms with Crippen LogP contribution in [0.4, 0.5) is 0 Å². The van der Waals surface area contributed by atoms with Gasteiger partial charge in [-0.05, 0) is 56.3 Å². The monoisotopic (exact) mass is 364 g/mol. The van der Waals surface area contributed by atoms with E-state index in [4.69, 9.17) is 0 Å². The molecule has 1 aromatic heterocycles. The first-order chi connectivity index (χ1) is 13.2. The number of likely N-dealkylation sites (tertiary alicyclic amines) is 2. The molecule has 0 N–H and O–H groups in total. The molecule has 3 heterocycles. The van der Waals surface area contributed by atoms with Gasteiger partial charge in [-0.3, -0.25) is 9.69 Å². The summed E-state index contributed by atoms with van der Waals surface area (Å²) in [5.74, 6) is 0.398. The number of carbonyl (C=O) groups is 1. The highest BCUT2D eigenvalue weighted by molar-refractivity contribution is 5.78. The molecule has 0 radical (unpaired) electrons. The van der Waals surface area contributed by atoms with Crippen LogP contribution in [-0.4, -0.2) is 50.9 Å². The Kier molecular flexibility index (Phi) is 4.27. The van der Waals surface area contributed by atoms with E-state index >= 15 is 0 Å². The predicted octanol–water partition coefficient (Wildman–Crippen LogP) is 3.24. The van der Waals surface area contributed by atoms with E-state index in [1.165, 1.54) is 37.8 Å². The van der Waals surface area contributed by atoms with Crippen molar-refractivity contribution in [3.8, 4) is 5.69 Å². The topological polar surface area (TPSA) is 41.4 Å². The number of hydrogen-bond acceptors (Lipinski definition) is 3. The van der Waals surface area contributed by atoms with E-state index in [0.29, 0.717) is 17.4 Å². The molecule has 3 fully saturated rings. The summed E-state index contributed by atoms with van der Waals surface area (Å²) in [6, 6.07) is 9.37. The number of carbonyl (C=O) groups excluding carboxylic acids is 1. The van der Waals surface area contributed by atoms with Crippen LogP contribution in [0.5, 0.6) is 0 Å². The first kappa shape index (κ1) is 17.0. The Balaban J connectivity index is 1.25. The molecule has 2 aromatic rings. The summed E-state index contributed by atoms with van der Waals surface area (Å²) in [5, 5.41) is 0. The van der Waals surface area contributed by atoms with E-state index < -0.39 is 0 Å². The molecule has 3 aliphatic rings. The maximum Gasteiger partial charge on any atom is 0.222 e. The fourth-order valence-corrected chi connectivity index (χ4v) is 4.98. The molecule has 1 atom stereocenters. The molecule has 2 saturated heterocycles. The molecule has 0 unspecified atom stereocenters. The molecular weight excluding hydrogens is 336 g/mol. The minimum Gasteiger partial charge on any atom is -0.339 e. The van der Waals surface area contributed by atoms with Gasteiger partial charge in [0, 0.05) is 55.6 Å². The highest BCUT2D eigenvalue weighted by atomic mass is 16.2. The van der Waals surface area contributed by atoms with Crippen molar-refractivity contribution in [1.82, 2.24) is 19.4 Å². The zero-order valence-corrected chi connectivity index (χ0v) is 15.9. The second-order valence-corrected chi connectivity index (χ2v) is 8.70. The zero-order valence-electron chi connectivity index (χ0n) is 15.9. The van der Waals surface area contributed by atoms with E-state index in [0.717, 1.165) is 38.2 Å². The van der Waals surface area contributed by atoms with Gasteiger partial charge < -0.3 is 9.47 Å². The van der Waals surface area contributed by atoms with Gasteiger partial charge in [0.15, 0.2) is 0 Å². The molecular formula is C22H28N4O. The highest BCUT2D eigenvalue weighted by Crippen LogP contribution is 2.42. The molecule has 1 spiro atoms. The van der Waals surface area contributed by atoms with Gasteiger partial charge in [-0.25, -0.2) is 4.98 Å². The summed E-state index contributed by atoms with van der Waals surface area (Å²) in [5.41, 5.74) is 2.84. The number of amides is 1. The minimum absolute atomic E-state index is 0.325. The molecule has 5 nitrogen and oxygen atoms in total. The first-order valence-corrected chi connectivity index (χ1v) is 10.3. The van der Waals surface area contributed by atoms with Crippen molar-refractivity contribution in [2.75, 3.05) is 19.6 Å². The normalized spacial score (nSPS) is 26.7. The lowest BCUT2D eigenvalue weighted by atomic mass is 9.73. The lowest BCUT2D eigenvalue weighted by molar-refractivity contribution is -0.140. The summed E-state index contributed by atoms with van der Waals surface area (Å²) >= 11 is 0. The van der Waals surface area contributed by atoms with E-state index in [1.807, 2.05) is 17.1 Å². The number of piperidine rings is 2. The lowest BCUT2D eigenvalue weighted by Gasteiger charge is -2.48. The van der Waals surface area contributed by atoms with E-state index in [2.05, 4.69) is 39.0 Å². The third-order valence-corrected chi connectivity index (χ3v) is 6.57. The number of nitrogens with zero attached hydrogens (tertiary/aromatic N) is 4. The maximum atomic E-state index is 12.3. The number of rotatable bonds is 4. The Morgan fingerprint density at radius 2 is 1.96 bits per heavy atom. The highest BCUT2D eigenvalue weighted by Gasteiger charge is 2.45. The summed E-state index contributed by atoms with van der Waals surface area (Å²) < 4.78 is 2.03. The summed E-state index contributed by atoms with van der Waals surface area (Å²) in [4.78, 5) is 21.3. The molecule has 5 heteroatoms. The number of aromatic nitrogens is 2. The van der Waals surface area contributed by atoms with Crippen molar-refractivity contribution in [3.05, 3.63) is 48.5 Å². The first-order valence-electron chi connectivity index (χ1n) is 10.3. The van der Waals surface area contributed by atoms with Crippen LogP contribution in [0.15, 0.2) is 43.0 Å². The average Bonchev–Trinajstić information content (AvgIpc) is 3.38. The van der Waals surface area contributed by atoms with Gasteiger partial charge in [0.2, 0.25) is 5.91 Å². The van der Waals surface area contributed by atoms with Crippen LogP contribution in [0.1, 0.15) is 44.1 Å². The van der Waals surface area contributed by atoms with Crippen LogP contribution in [-0.2, 0) is 11.3 Å². The quantitative estimate of drug-likeness (QED) is 0.836. The molecule has 0 bridgehead atoms. The second-order valence-electron chi connectivity index (χ2n) is 8.70. The third kappa shape index (κ3) is 3.53. The smallest absolute Gasteiger partial charge is 0.222 e. The van der Waals surface area contributed by atoms with Crippen molar-refractivity contribution in [3.63, 3.8) is 0 Å². The fourth-order valence-electron chi connectivity index (χ4n) is 4.98. The van der Waals surface area contributed by atoms with Crippen molar-refractivity contribution in [2.24, 2.45) is 5.41 Å². The lowest BCUT2D eigenvalue weighted by Crippen LogP contribution is -2.54. The van der Waals surface area contributed by atoms with Crippen LogP contribution in [0.2, 0.25) is 0 Å². The molecule has 1 amide bonds. The molecule has 5 rings (SSSR count). The minimum atomic E-state index is 0.325. The van der Waals surface area contributed by atoms with Crippen LogP contribution in [0, 0.1) is 5.41 Å². The zero-order chi connectivity index (χ0) is 18.3. The molecule has 1 aromatic carbocycles. The Labute approximate surface area is 161 Å². The maximum absolute atomic E-state index is 12.3. The molecule has 142 valence electrons. The largest absolute Gasteiger partial charge is 0.339 e. The standard InChI is InChI=1S/C22H28N4O/c27-21-8-10-22(16-26(21)20-6-7-20)9-1-12-24(15-22)14-18-2-4-19(5-3-18)25-13-11-23-17-25/h2-5,11,13,17,20H,1,6-10,12,14-16H2/t22-/m1/s1. The van der Waals surface area contributed by atoms with Gasteiger partial charge in [0.05, 0.1) is 6.33 Å². The van der Waals surface area contributed by atoms with Gasteiger partial charge >= 0.3 is 0 Å². The Bertz CT molecular complexity index is 796. The third-order valence-electron chi connectivity index (χ3n) is 6.57. The van der Waals surface area contributed by atoms with Gasteiger partial charge in [-0.2, -0.15) is 0 Å². The summed E-state index contributed by atoms with van der Waals surface area (Å²) in [6.07, 6.45) is 12.4.